The molecule has 1 aromatic rings. The number of hydrogen-bond acceptors (Lipinski definition) is 1. The average molecular weight is 189 g/mol. The Labute approximate surface area is 86.3 Å². The van der Waals surface area contributed by atoms with E-state index in [1.807, 2.05) is 0 Å². The van der Waals surface area contributed by atoms with Crippen molar-refractivity contribution < 1.29 is 0 Å². The Morgan fingerprint density at radius 2 is 2.21 bits per heavy atom. The van der Waals surface area contributed by atoms with E-state index in [9.17, 15) is 0 Å². The summed E-state index contributed by atoms with van der Waals surface area (Å²) >= 11 is 0. The van der Waals surface area contributed by atoms with Crippen LogP contribution < -0.4 is 5.73 Å². The highest BCUT2D eigenvalue weighted by Gasteiger charge is 2.25. The second kappa shape index (κ2) is 3.74. The van der Waals surface area contributed by atoms with Crippen molar-refractivity contribution in [1.82, 2.24) is 0 Å². The van der Waals surface area contributed by atoms with Crippen LogP contribution in [0.1, 0.15) is 23.6 Å². The number of benzene rings is 1. The van der Waals surface area contributed by atoms with Gasteiger partial charge in [-0.15, -0.1) is 0 Å². The van der Waals surface area contributed by atoms with Gasteiger partial charge < -0.3 is 5.73 Å². The Morgan fingerprint density at radius 3 is 2.86 bits per heavy atom. The molecule has 1 aromatic carbocycles. The van der Waals surface area contributed by atoms with Crippen LogP contribution in [0.5, 0.6) is 0 Å². The highest BCUT2D eigenvalue weighted by molar-refractivity contribution is 5.38. The molecule has 2 atom stereocenters. The van der Waals surface area contributed by atoms with Crippen LogP contribution in [-0.4, -0.2) is 6.54 Å². The first-order valence-corrected chi connectivity index (χ1v) is 5.49. The van der Waals surface area contributed by atoms with Gasteiger partial charge in [0.1, 0.15) is 0 Å². The summed E-state index contributed by atoms with van der Waals surface area (Å²) in [5, 5.41) is 0. The Bertz CT molecular complexity index is 330. The van der Waals surface area contributed by atoms with E-state index in [1.165, 1.54) is 18.4 Å². The summed E-state index contributed by atoms with van der Waals surface area (Å²) in [6, 6.07) is 6.66. The van der Waals surface area contributed by atoms with Gasteiger partial charge in [-0.3, -0.25) is 0 Å². The van der Waals surface area contributed by atoms with Crippen molar-refractivity contribution in [3.8, 4) is 0 Å². The predicted octanol–water partition coefficient (Wildman–Crippen LogP) is 2.30. The monoisotopic (exact) mass is 189 g/mol. The number of aryl methyl sites for hydroxylation is 1. The molecule has 2 N–H and O–H groups in total. The lowest BCUT2D eigenvalue weighted by Gasteiger charge is -2.16. The molecule has 0 saturated carbocycles. The van der Waals surface area contributed by atoms with E-state index in [0.717, 1.165) is 12.5 Å². The van der Waals surface area contributed by atoms with Crippen LogP contribution in [0.2, 0.25) is 0 Å². The SMILES string of the molecule is Cc1cccc2c1CC(C(C)CN)C2. The topological polar surface area (TPSA) is 26.0 Å². The third-order valence-electron chi connectivity index (χ3n) is 3.63. The van der Waals surface area contributed by atoms with Gasteiger partial charge in [0.2, 0.25) is 0 Å². The molecule has 2 unspecified atom stereocenters. The summed E-state index contributed by atoms with van der Waals surface area (Å²) < 4.78 is 0. The number of hydrogen-bond donors (Lipinski definition) is 1. The molecular formula is C13H19N. The lowest BCUT2D eigenvalue weighted by molar-refractivity contribution is 0.382. The van der Waals surface area contributed by atoms with Gasteiger partial charge in [0.05, 0.1) is 0 Å². The van der Waals surface area contributed by atoms with Crippen LogP contribution in [0.4, 0.5) is 0 Å². The van der Waals surface area contributed by atoms with E-state index < -0.39 is 0 Å². The quantitative estimate of drug-likeness (QED) is 0.759. The van der Waals surface area contributed by atoms with Gasteiger partial charge in [-0.25, -0.2) is 0 Å². The van der Waals surface area contributed by atoms with Gasteiger partial charge in [-0.2, -0.15) is 0 Å². The first-order valence-electron chi connectivity index (χ1n) is 5.49. The number of rotatable bonds is 2. The van der Waals surface area contributed by atoms with Crippen molar-refractivity contribution in [2.75, 3.05) is 6.54 Å². The fourth-order valence-electron chi connectivity index (χ4n) is 2.46. The molecule has 0 fully saturated rings. The number of fused-ring (bicyclic) bond motifs is 1. The molecule has 0 aromatic heterocycles. The molecule has 1 aliphatic carbocycles. The van der Waals surface area contributed by atoms with Gasteiger partial charge >= 0.3 is 0 Å². The van der Waals surface area contributed by atoms with Crippen molar-refractivity contribution in [2.24, 2.45) is 17.6 Å². The summed E-state index contributed by atoms with van der Waals surface area (Å²) in [7, 11) is 0. The summed E-state index contributed by atoms with van der Waals surface area (Å²) in [4.78, 5) is 0. The van der Waals surface area contributed by atoms with Gasteiger partial charge in [-0.05, 0) is 54.8 Å². The third kappa shape index (κ3) is 1.57. The maximum Gasteiger partial charge on any atom is -0.00486 e. The molecule has 14 heavy (non-hydrogen) atoms. The van der Waals surface area contributed by atoms with E-state index in [0.29, 0.717) is 5.92 Å². The smallest absolute Gasteiger partial charge is 0.00486 e. The molecule has 76 valence electrons. The maximum absolute atomic E-state index is 5.72. The molecule has 1 aliphatic rings. The second-order valence-corrected chi connectivity index (χ2v) is 4.59. The highest BCUT2D eigenvalue weighted by Crippen LogP contribution is 2.32. The van der Waals surface area contributed by atoms with E-state index in [2.05, 4.69) is 32.0 Å². The molecule has 1 nitrogen and oxygen atoms in total. The van der Waals surface area contributed by atoms with Crippen molar-refractivity contribution in [3.05, 3.63) is 34.9 Å². The molecule has 0 spiro atoms. The van der Waals surface area contributed by atoms with Gasteiger partial charge in [0, 0.05) is 0 Å². The van der Waals surface area contributed by atoms with E-state index in [4.69, 9.17) is 5.73 Å². The minimum absolute atomic E-state index is 0.654. The fourth-order valence-corrected chi connectivity index (χ4v) is 2.46. The minimum atomic E-state index is 0.654. The Balaban J connectivity index is 2.22. The van der Waals surface area contributed by atoms with Crippen molar-refractivity contribution in [2.45, 2.75) is 26.7 Å². The first kappa shape index (κ1) is 9.72. The van der Waals surface area contributed by atoms with Crippen LogP contribution in [0, 0.1) is 18.8 Å². The zero-order chi connectivity index (χ0) is 10.1. The third-order valence-corrected chi connectivity index (χ3v) is 3.63. The van der Waals surface area contributed by atoms with Gasteiger partial charge in [0.15, 0.2) is 0 Å². The lowest BCUT2D eigenvalue weighted by Crippen LogP contribution is -2.20. The molecule has 0 aliphatic heterocycles. The minimum Gasteiger partial charge on any atom is -0.330 e. The Kier molecular flexibility index (Phi) is 2.60. The van der Waals surface area contributed by atoms with Crippen LogP contribution in [-0.2, 0) is 12.8 Å². The highest BCUT2D eigenvalue weighted by atomic mass is 14.6. The summed E-state index contributed by atoms with van der Waals surface area (Å²) in [6.07, 6.45) is 2.47. The first-order chi connectivity index (χ1) is 6.72. The summed E-state index contributed by atoms with van der Waals surface area (Å²) in [5.41, 5.74) is 10.3. The summed E-state index contributed by atoms with van der Waals surface area (Å²) in [5.74, 6) is 1.43. The largest absolute Gasteiger partial charge is 0.330 e. The van der Waals surface area contributed by atoms with Crippen LogP contribution >= 0.6 is 0 Å². The Morgan fingerprint density at radius 1 is 1.43 bits per heavy atom. The molecule has 2 rings (SSSR count). The van der Waals surface area contributed by atoms with E-state index in [-0.39, 0.29) is 0 Å². The van der Waals surface area contributed by atoms with E-state index >= 15 is 0 Å². The average Bonchev–Trinajstić information content (AvgIpc) is 2.62. The molecule has 0 bridgehead atoms. The van der Waals surface area contributed by atoms with Crippen molar-refractivity contribution in [1.29, 1.82) is 0 Å². The number of nitrogens with two attached hydrogens (primary N) is 1. The molecule has 0 saturated heterocycles. The Hall–Kier alpha value is -0.820. The molecular weight excluding hydrogens is 170 g/mol. The standard InChI is InChI=1S/C13H19N/c1-9-4-3-5-11-6-12(7-13(9)11)10(2)8-14/h3-5,10,12H,6-8,14H2,1-2H3. The van der Waals surface area contributed by atoms with Crippen LogP contribution in [0.15, 0.2) is 18.2 Å². The zero-order valence-electron chi connectivity index (χ0n) is 9.09. The lowest BCUT2D eigenvalue weighted by atomic mass is 9.91. The molecule has 0 radical (unpaired) electrons. The van der Waals surface area contributed by atoms with Crippen LogP contribution in [0.25, 0.3) is 0 Å². The van der Waals surface area contributed by atoms with Crippen LogP contribution in [0.3, 0.4) is 0 Å². The maximum atomic E-state index is 5.72. The zero-order valence-corrected chi connectivity index (χ0v) is 9.09. The van der Waals surface area contributed by atoms with Crippen molar-refractivity contribution in [3.63, 3.8) is 0 Å². The fraction of sp³-hybridized carbons (Fsp3) is 0.538. The van der Waals surface area contributed by atoms with Crippen molar-refractivity contribution >= 4 is 0 Å². The van der Waals surface area contributed by atoms with Gasteiger partial charge in [-0.1, -0.05) is 25.1 Å². The summed E-state index contributed by atoms with van der Waals surface area (Å²) in [6.45, 7) is 5.30. The van der Waals surface area contributed by atoms with Gasteiger partial charge in [0.25, 0.3) is 0 Å². The molecule has 0 heterocycles. The predicted molar refractivity (Wildman–Crippen MR) is 60.3 cm³/mol. The van der Waals surface area contributed by atoms with E-state index in [1.54, 1.807) is 11.1 Å². The molecule has 0 amide bonds. The molecule has 1 heteroatoms. The second-order valence-electron chi connectivity index (χ2n) is 4.59. The normalized spacial score (nSPS) is 22.1.